The van der Waals surface area contributed by atoms with Gasteiger partial charge in [-0.3, -0.25) is 9.59 Å². The summed E-state index contributed by atoms with van der Waals surface area (Å²) < 4.78 is 5.46. The summed E-state index contributed by atoms with van der Waals surface area (Å²) in [5.41, 5.74) is 2.01. The molecule has 0 bridgehead atoms. The van der Waals surface area contributed by atoms with Gasteiger partial charge < -0.3 is 15.4 Å². The van der Waals surface area contributed by atoms with Gasteiger partial charge in [0, 0.05) is 13.0 Å². The Hall–Kier alpha value is -3.33. The van der Waals surface area contributed by atoms with Gasteiger partial charge in [0.2, 0.25) is 5.91 Å². The highest BCUT2D eigenvalue weighted by Crippen LogP contribution is 2.17. The van der Waals surface area contributed by atoms with Crippen LogP contribution in [-0.4, -0.2) is 25.0 Å². The summed E-state index contributed by atoms with van der Waals surface area (Å²) in [6.45, 7) is 4.65. The van der Waals surface area contributed by atoms with Crippen molar-refractivity contribution in [1.82, 2.24) is 10.6 Å². The molecule has 2 N–H and O–H groups in total. The van der Waals surface area contributed by atoms with Crippen LogP contribution in [0, 0.1) is 11.3 Å². The average molecular weight is 379 g/mol. The monoisotopic (exact) mass is 379 g/mol. The molecule has 0 aliphatic rings. The van der Waals surface area contributed by atoms with Crippen molar-refractivity contribution in [3.63, 3.8) is 0 Å². The van der Waals surface area contributed by atoms with Gasteiger partial charge in [0.05, 0.1) is 29.8 Å². The molecule has 0 aliphatic carbocycles. The van der Waals surface area contributed by atoms with Crippen LogP contribution in [0.2, 0.25) is 0 Å². The number of rotatable bonds is 9. The standard InChI is InChI=1S/C22H25N3O3/c1-3-28-20-8-5-4-7-19(20)22(27)24-14-6-9-21(26)25-16(2)18-12-10-17(15-23)11-13-18/h4-5,7-8,10-13,16H,3,6,9,14H2,1-2H3,(H,24,27)(H,25,26). The van der Waals surface area contributed by atoms with E-state index in [-0.39, 0.29) is 17.9 Å². The number of hydrogen-bond donors (Lipinski definition) is 2. The van der Waals surface area contributed by atoms with Crippen LogP contribution in [0.1, 0.15) is 54.2 Å². The number of para-hydroxylation sites is 1. The first kappa shape index (κ1) is 21.0. The number of nitriles is 1. The van der Waals surface area contributed by atoms with Crippen molar-refractivity contribution in [3.05, 3.63) is 65.2 Å². The summed E-state index contributed by atoms with van der Waals surface area (Å²) in [4.78, 5) is 24.4. The van der Waals surface area contributed by atoms with Crippen LogP contribution in [0.15, 0.2) is 48.5 Å². The summed E-state index contributed by atoms with van der Waals surface area (Å²) >= 11 is 0. The lowest BCUT2D eigenvalue weighted by molar-refractivity contribution is -0.121. The molecule has 0 spiro atoms. The van der Waals surface area contributed by atoms with Crippen molar-refractivity contribution in [2.45, 2.75) is 32.7 Å². The summed E-state index contributed by atoms with van der Waals surface area (Å²) in [5, 5.41) is 14.6. The maximum Gasteiger partial charge on any atom is 0.255 e. The van der Waals surface area contributed by atoms with Crippen molar-refractivity contribution in [1.29, 1.82) is 5.26 Å². The Bertz CT molecular complexity index is 841. The maximum atomic E-state index is 12.3. The predicted octanol–water partition coefficient (Wildman–Crippen LogP) is 3.34. The first-order valence-electron chi connectivity index (χ1n) is 9.34. The molecule has 0 heterocycles. The van der Waals surface area contributed by atoms with E-state index in [1.54, 1.807) is 30.3 Å². The van der Waals surface area contributed by atoms with Crippen LogP contribution in [0.5, 0.6) is 5.75 Å². The number of nitrogens with zero attached hydrogens (tertiary/aromatic N) is 1. The number of hydrogen-bond acceptors (Lipinski definition) is 4. The lowest BCUT2D eigenvalue weighted by Gasteiger charge is -2.14. The molecule has 2 aromatic rings. The summed E-state index contributed by atoms with van der Waals surface area (Å²) in [6, 6.07) is 16.1. The molecule has 6 nitrogen and oxygen atoms in total. The third-order valence-electron chi connectivity index (χ3n) is 4.21. The van der Waals surface area contributed by atoms with Crippen LogP contribution in [0.4, 0.5) is 0 Å². The smallest absolute Gasteiger partial charge is 0.255 e. The molecule has 2 amide bonds. The zero-order valence-corrected chi connectivity index (χ0v) is 16.2. The zero-order valence-electron chi connectivity index (χ0n) is 16.2. The first-order valence-corrected chi connectivity index (χ1v) is 9.34. The van der Waals surface area contributed by atoms with Gasteiger partial charge in [-0.1, -0.05) is 24.3 Å². The van der Waals surface area contributed by atoms with Crippen molar-refractivity contribution < 1.29 is 14.3 Å². The Morgan fingerprint density at radius 1 is 1.14 bits per heavy atom. The minimum absolute atomic E-state index is 0.0826. The quantitative estimate of drug-likeness (QED) is 0.654. The van der Waals surface area contributed by atoms with E-state index in [0.717, 1.165) is 5.56 Å². The molecule has 0 saturated carbocycles. The number of carbonyl (C=O) groups excluding carboxylic acids is 2. The van der Waals surface area contributed by atoms with Crippen LogP contribution in [0.25, 0.3) is 0 Å². The molecular weight excluding hydrogens is 354 g/mol. The normalized spacial score (nSPS) is 11.2. The Balaban J connectivity index is 1.75. The van der Waals surface area contributed by atoms with Crippen molar-refractivity contribution >= 4 is 11.8 Å². The first-order chi connectivity index (χ1) is 13.5. The number of nitrogens with one attached hydrogen (secondary N) is 2. The Morgan fingerprint density at radius 2 is 1.86 bits per heavy atom. The number of ether oxygens (including phenoxy) is 1. The topological polar surface area (TPSA) is 91.2 Å². The fourth-order valence-corrected chi connectivity index (χ4v) is 2.72. The Morgan fingerprint density at radius 3 is 2.54 bits per heavy atom. The van der Waals surface area contributed by atoms with Gasteiger partial charge in [0.15, 0.2) is 0 Å². The minimum atomic E-state index is -0.213. The maximum absolute atomic E-state index is 12.3. The molecule has 0 radical (unpaired) electrons. The Labute approximate surface area is 165 Å². The number of benzene rings is 2. The number of carbonyl (C=O) groups is 2. The van der Waals surface area contributed by atoms with Gasteiger partial charge in [-0.05, 0) is 50.1 Å². The molecule has 2 rings (SSSR count). The van der Waals surface area contributed by atoms with Gasteiger partial charge in [-0.25, -0.2) is 0 Å². The van der Waals surface area contributed by atoms with E-state index in [1.807, 2.05) is 32.0 Å². The molecular formula is C22H25N3O3. The second kappa shape index (κ2) is 10.7. The SMILES string of the molecule is CCOc1ccccc1C(=O)NCCCC(=O)NC(C)c1ccc(C#N)cc1. The molecule has 1 unspecified atom stereocenters. The van der Waals surface area contributed by atoms with Gasteiger partial charge in [-0.15, -0.1) is 0 Å². The molecule has 146 valence electrons. The lowest BCUT2D eigenvalue weighted by atomic mass is 10.1. The van der Waals surface area contributed by atoms with E-state index in [0.29, 0.717) is 42.9 Å². The third-order valence-corrected chi connectivity index (χ3v) is 4.21. The van der Waals surface area contributed by atoms with Crippen LogP contribution >= 0.6 is 0 Å². The van der Waals surface area contributed by atoms with Crippen molar-refractivity contribution in [2.24, 2.45) is 0 Å². The second-order valence-corrected chi connectivity index (χ2v) is 6.31. The Kier molecular flexibility index (Phi) is 8.04. The summed E-state index contributed by atoms with van der Waals surface area (Å²) in [7, 11) is 0. The largest absolute Gasteiger partial charge is 0.493 e. The van der Waals surface area contributed by atoms with Crippen LogP contribution < -0.4 is 15.4 Å². The molecule has 0 saturated heterocycles. The molecule has 28 heavy (non-hydrogen) atoms. The van der Waals surface area contributed by atoms with Crippen molar-refractivity contribution in [2.75, 3.05) is 13.2 Å². The summed E-state index contributed by atoms with van der Waals surface area (Å²) in [5.74, 6) is 0.257. The van der Waals surface area contributed by atoms with E-state index >= 15 is 0 Å². The molecule has 1 atom stereocenters. The van der Waals surface area contributed by atoms with E-state index in [4.69, 9.17) is 10.00 Å². The van der Waals surface area contributed by atoms with Crippen LogP contribution in [-0.2, 0) is 4.79 Å². The van der Waals surface area contributed by atoms with Gasteiger partial charge in [0.25, 0.3) is 5.91 Å². The fraction of sp³-hybridized carbons (Fsp3) is 0.318. The highest BCUT2D eigenvalue weighted by Gasteiger charge is 2.12. The highest BCUT2D eigenvalue weighted by molar-refractivity contribution is 5.96. The van der Waals surface area contributed by atoms with Gasteiger partial charge in [0.1, 0.15) is 5.75 Å². The highest BCUT2D eigenvalue weighted by atomic mass is 16.5. The van der Waals surface area contributed by atoms with E-state index < -0.39 is 0 Å². The van der Waals surface area contributed by atoms with Gasteiger partial charge >= 0.3 is 0 Å². The second-order valence-electron chi connectivity index (χ2n) is 6.31. The molecule has 2 aromatic carbocycles. The van der Waals surface area contributed by atoms with Crippen LogP contribution in [0.3, 0.4) is 0 Å². The van der Waals surface area contributed by atoms with Crippen molar-refractivity contribution in [3.8, 4) is 11.8 Å². The minimum Gasteiger partial charge on any atom is -0.493 e. The molecule has 0 fully saturated rings. The third kappa shape index (κ3) is 6.13. The number of amides is 2. The lowest BCUT2D eigenvalue weighted by Crippen LogP contribution is -2.29. The average Bonchev–Trinajstić information content (AvgIpc) is 2.71. The van der Waals surface area contributed by atoms with E-state index in [9.17, 15) is 9.59 Å². The molecule has 0 aromatic heterocycles. The zero-order chi connectivity index (χ0) is 20.4. The summed E-state index contributed by atoms with van der Waals surface area (Å²) in [6.07, 6.45) is 0.850. The van der Waals surface area contributed by atoms with Gasteiger partial charge in [-0.2, -0.15) is 5.26 Å². The van der Waals surface area contributed by atoms with E-state index in [2.05, 4.69) is 16.7 Å². The molecule has 0 aliphatic heterocycles. The fourth-order valence-electron chi connectivity index (χ4n) is 2.72. The van der Waals surface area contributed by atoms with E-state index in [1.165, 1.54) is 0 Å². The predicted molar refractivity (Wildman–Crippen MR) is 107 cm³/mol. The molecule has 6 heteroatoms.